The van der Waals surface area contributed by atoms with Crippen LogP contribution >= 0.6 is 0 Å². The number of likely N-dealkylation sites (tertiary alicyclic amines) is 1. The number of nitrogens with one attached hydrogen (secondary N) is 2. The van der Waals surface area contributed by atoms with E-state index in [9.17, 15) is 13.2 Å². The SMILES string of the molecule is Cc1ccc(NS(=O)(=O)c2ccc(NC(=O)C3CCN(Cc4ccccc4C)CC3)cc2)cc1. The molecule has 3 aromatic carbocycles. The maximum atomic E-state index is 12.8. The second-order valence-electron chi connectivity index (χ2n) is 8.96. The second kappa shape index (κ2) is 10.4. The van der Waals surface area contributed by atoms with Crippen LogP contribution in [-0.2, 0) is 21.4 Å². The van der Waals surface area contributed by atoms with Gasteiger partial charge in [0.15, 0.2) is 0 Å². The zero-order valence-electron chi connectivity index (χ0n) is 19.6. The van der Waals surface area contributed by atoms with Gasteiger partial charge in [-0.05, 0) is 87.3 Å². The molecule has 1 fully saturated rings. The summed E-state index contributed by atoms with van der Waals surface area (Å²) >= 11 is 0. The van der Waals surface area contributed by atoms with Crippen LogP contribution in [0, 0.1) is 19.8 Å². The lowest BCUT2D eigenvalue weighted by molar-refractivity contribution is -0.121. The number of hydrogen-bond donors (Lipinski definition) is 2. The standard InChI is InChI=1S/C27H31N3O3S/c1-20-7-9-25(10-8-20)29-34(32,33)26-13-11-24(12-14-26)28-27(31)22-15-17-30(18-16-22)19-23-6-4-3-5-21(23)2/h3-14,22,29H,15-19H2,1-2H3,(H,28,31). The number of hydrogen-bond acceptors (Lipinski definition) is 4. The van der Waals surface area contributed by atoms with Gasteiger partial charge in [-0.2, -0.15) is 0 Å². The first kappa shape index (κ1) is 24.0. The number of anilines is 2. The van der Waals surface area contributed by atoms with Gasteiger partial charge in [0.2, 0.25) is 5.91 Å². The Labute approximate surface area is 202 Å². The van der Waals surface area contributed by atoms with Gasteiger partial charge in [0, 0.05) is 23.8 Å². The first-order valence-corrected chi connectivity index (χ1v) is 13.1. The van der Waals surface area contributed by atoms with Gasteiger partial charge in [-0.15, -0.1) is 0 Å². The monoisotopic (exact) mass is 477 g/mol. The molecule has 0 aliphatic carbocycles. The third-order valence-electron chi connectivity index (χ3n) is 6.35. The van der Waals surface area contributed by atoms with Crippen LogP contribution in [0.5, 0.6) is 0 Å². The normalized spacial score (nSPS) is 15.1. The van der Waals surface area contributed by atoms with E-state index in [-0.39, 0.29) is 16.7 Å². The Bertz CT molecular complexity index is 1230. The van der Waals surface area contributed by atoms with Gasteiger partial charge in [0.25, 0.3) is 10.0 Å². The molecule has 1 heterocycles. The van der Waals surface area contributed by atoms with Crippen molar-refractivity contribution in [3.63, 3.8) is 0 Å². The van der Waals surface area contributed by atoms with Crippen LogP contribution in [0.1, 0.15) is 29.5 Å². The van der Waals surface area contributed by atoms with Crippen molar-refractivity contribution in [1.29, 1.82) is 0 Å². The van der Waals surface area contributed by atoms with E-state index < -0.39 is 10.0 Å². The van der Waals surface area contributed by atoms with Gasteiger partial charge in [0.05, 0.1) is 4.90 Å². The zero-order valence-corrected chi connectivity index (χ0v) is 20.4. The Morgan fingerprint density at radius 3 is 2.15 bits per heavy atom. The number of rotatable bonds is 7. The highest BCUT2D eigenvalue weighted by Gasteiger charge is 2.25. The highest BCUT2D eigenvalue weighted by Crippen LogP contribution is 2.23. The molecule has 1 aliphatic rings. The van der Waals surface area contributed by atoms with Crippen molar-refractivity contribution in [2.45, 2.75) is 38.1 Å². The third-order valence-corrected chi connectivity index (χ3v) is 7.75. The minimum atomic E-state index is -3.70. The van der Waals surface area contributed by atoms with Crippen LogP contribution in [0.3, 0.4) is 0 Å². The quantitative estimate of drug-likeness (QED) is 0.504. The lowest BCUT2D eigenvalue weighted by Gasteiger charge is -2.31. The van der Waals surface area contributed by atoms with Crippen molar-refractivity contribution < 1.29 is 13.2 Å². The summed E-state index contributed by atoms with van der Waals surface area (Å²) in [5.41, 5.74) is 4.79. The smallest absolute Gasteiger partial charge is 0.261 e. The molecule has 178 valence electrons. The Balaban J connectivity index is 1.30. The molecule has 0 atom stereocenters. The highest BCUT2D eigenvalue weighted by molar-refractivity contribution is 7.92. The van der Waals surface area contributed by atoms with Crippen LogP contribution in [0.2, 0.25) is 0 Å². The first-order chi connectivity index (χ1) is 16.3. The summed E-state index contributed by atoms with van der Waals surface area (Å²) in [5.74, 6) is -0.0522. The summed E-state index contributed by atoms with van der Waals surface area (Å²) < 4.78 is 27.9. The summed E-state index contributed by atoms with van der Waals surface area (Å²) in [7, 11) is -3.70. The first-order valence-electron chi connectivity index (χ1n) is 11.6. The molecule has 4 rings (SSSR count). The van der Waals surface area contributed by atoms with Crippen molar-refractivity contribution in [2.75, 3.05) is 23.1 Å². The van der Waals surface area contributed by atoms with Gasteiger partial charge in [0.1, 0.15) is 0 Å². The number of amides is 1. The Kier molecular flexibility index (Phi) is 7.34. The molecule has 0 aromatic heterocycles. The molecule has 2 N–H and O–H groups in total. The third kappa shape index (κ3) is 6.04. The molecular formula is C27H31N3O3S. The van der Waals surface area contributed by atoms with E-state index in [1.807, 2.05) is 19.1 Å². The molecule has 0 spiro atoms. The zero-order chi connectivity index (χ0) is 24.1. The van der Waals surface area contributed by atoms with Crippen molar-refractivity contribution in [1.82, 2.24) is 4.90 Å². The van der Waals surface area contributed by atoms with E-state index in [4.69, 9.17) is 0 Å². The topological polar surface area (TPSA) is 78.5 Å². The second-order valence-corrected chi connectivity index (χ2v) is 10.6. The van der Waals surface area contributed by atoms with Gasteiger partial charge in [-0.3, -0.25) is 14.4 Å². The van der Waals surface area contributed by atoms with Gasteiger partial charge >= 0.3 is 0 Å². The van der Waals surface area contributed by atoms with E-state index in [1.165, 1.54) is 23.3 Å². The number of sulfonamides is 1. The maximum absolute atomic E-state index is 12.8. The number of nitrogens with zero attached hydrogens (tertiary/aromatic N) is 1. The van der Waals surface area contributed by atoms with Crippen LogP contribution < -0.4 is 10.0 Å². The summed E-state index contributed by atoms with van der Waals surface area (Å²) in [4.78, 5) is 15.3. The van der Waals surface area contributed by atoms with E-state index in [0.717, 1.165) is 38.0 Å². The van der Waals surface area contributed by atoms with Crippen molar-refractivity contribution >= 4 is 27.3 Å². The molecule has 0 unspecified atom stereocenters. The molecule has 7 heteroatoms. The minimum absolute atomic E-state index is 0.0103. The Morgan fingerprint density at radius 2 is 1.50 bits per heavy atom. The summed E-state index contributed by atoms with van der Waals surface area (Å²) in [6, 6.07) is 21.9. The number of piperidine rings is 1. The fourth-order valence-corrected chi connectivity index (χ4v) is 5.24. The van der Waals surface area contributed by atoms with Crippen LogP contribution in [0.25, 0.3) is 0 Å². The number of carbonyl (C=O) groups excluding carboxylic acids is 1. The molecule has 1 amide bonds. The highest BCUT2D eigenvalue weighted by atomic mass is 32.2. The van der Waals surface area contributed by atoms with E-state index >= 15 is 0 Å². The average molecular weight is 478 g/mol. The van der Waals surface area contributed by atoms with Crippen molar-refractivity contribution in [3.05, 3.63) is 89.5 Å². The maximum Gasteiger partial charge on any atom is 0.261 e. The fraction of sp³-hybridized carbons (Fsp3) is 0.296. The average Bonchev–Trinajstić information content (AvgIpc) is 2.83. The van der Waals surface area contributed by atoms with Gasteiger partial charge in [-0.25, -0.2) is 8.42 Å². The lowest BCUT2D eigenvalue weighted by Crippen LogP contribution is -2.37. The van der Waals surface area contributed by atoms with Crippen LogP contribution in [0.4, 0.5) is 11.4 Å². The largest absolute Gasteiger partial charge is 0.326 e. The van der Waals surface area contributed by atoms with Crippen molar-refractivity contribution in [3.8, 4) is 0 Å². The Hall–Kier alpha value is -3.16. The molecule has 3 aromatic rings. The van der Waals surface area contributed by atoms with Crippen LogP contribution in [0.15, 0.2) is 77.7 Å². The van der Waals surface area contributed by atoms with E-state index in [2.05, 4.69) is 46.1 Å². The van der Waals surface area contributed by atoms with Gasteiger partial charge < -0.3 is 5.32 Å². The molecule has 6 nitrogen and oxygen atoms in total. The van der Waals surface area contributed by atoms with Crippen molar-refractivity contribution in [2.24, 2.45) is 5.92 Å². The van der Waals surface area contributed by atoms with E-state index in [0.29, 0.717) is 11.4 Å². The Morgan fingerprint density at radius 1 is 0.882 bits per heavy atom. The molecule has 0 bridgehead atoms. The number of benzene rings is 3. The molecule has 0 radical (unpaired) electrons. The number of aryl methyl sites for hydroxylation is 2. The predicted molar refractivity (Wildman–Crippen MR) is 136 cm³/mol. The number of carbonyl (C=O) groups is 1. The molecule has 0 saturated carbocycles. The van der Waals surface area contributed by atoms with Gasteiger partial charge in [-0.1, -0.05) is 42.0 Å². The summed E-state index contributed by atoms with van der Waals surface area (Å²) in [6.07, 6.45) is 1.62. The fourth-order valence-electron chi connectivity index (χ4n) is 4.18. The lowest BCUT2D eigenvalue weighted by atomic mass is 9.95. The molecule has 1 saturated heterocycles. The predicted octanol–water partition coefficient (Wildman–Crippen LogP) is 4.95. The molecular weight excluding hydrogens is 446 g/mol. The summed E-state index contributed by atoms with van der Waals surface area (Å²) in [5, 5.41) is 2.95. The van der Waals surface area contributed by atoms with Crippen LogP contribution in [-0.4, -0.2) is 32.3 Å². The molecule has 1 aliphatic heterocycles. The molecule has 34 heavy (non-hydrogen) atoms. The minimum Gasteiger partial charge on any atom is -0.326 e. The summed E-state index contributed by atoms with van der Waals surface area (Å²) in [6.45, 7) is 6.75. The van der Waals surface area contributed by atoms with E-state index in [1.54, 1.807) is 24.3 Å².